The van der Waals surface area contributed by atoms with Crippen molar-refractivity contribution in [3.8, 4) is 0 Å². The van der Waals surface area contributed by atoms with Gasteiger partial charge in [0.15, 0.2) is 0 Å². The summed E-state index contributed by atoms with van der Waals surface area (Å²) in [4.78, 5) is 3.95. The van der Waals surface area contributed by atoms with Crippen molar-refractivity contribution >= 4 is 6.21 Å². The van der Waals surface area contributed by atoms with Crippen LogP contribution in [0.25, 0.3) is 0 Å². The molecule has 3 rings (SSSR count). The fourth-order valence-electron chi connectivity index (χ4n) is 4.98. The number of nitrogens with two attached hydrogens (primary N) is 1. The molecule has 200 valence electrons. The van der Waals surface area contributed by atoms with Gasteiger partial charge in [-0.1, -0.05) is 105 Å². The van der Waals surface area contributed by atoms with Crippen molar-refractivity contribution in [2.45, 2.75) is 38.3 Å². The summed E-state index contributed by atoms with van der Waals surface area (Å²) in [5.74, 6) is 0.590. The summed E-state index contributed by atoms with van der Waals surface area (Å²) in [6.07, 6.45) is 41.4. The lowest BCUT2D eigenvalue weighted by Crippen LogP contribution is -2.46. The van der Waals surface area contributed by atoms with Gasteiger partial charge in [-0.25, -0.2) is 0 Å². The van der Waals surface area contributed by atoms with Gasteiger partial charge in [-0.05, 0) is 53.5 Å². The van der Waals surface area contributed by atoms with Crippen molar-refractivity contribution in [1.82, 2.24) is 10.6 Å². The highest BCUT2D eigenvalue weighted by atomic mass is 15.0. The van der Waals surface area contributed by atoms with E-state index in [0.717, 1.165) is 25.8 Å². The Kier molecular flexibility index (Phi) is 12.5. The first-order valence-corrected chi connectivity index (χ1v) is 13.8. The summed E-state index contributed by atoms with van der Waals surface area (Å²) in [6.45, 7) is 7.69. The molecule has 0 amide bonds. The van der Waals surface area contributed by atoms with Crippen molar-refractivity contribution in [2.24, 2.45) is 22.6 Å². The molecule has 4 unspecified atom stereocenters. The summed E-state index contributed by atoms with van der Waals surface area (Å²) >= 11 is 0. The number of dihydropyridines is 1. The zero-order chi connectivity index (χ0) is 27.0. The molecule has 1 aliphatic heterocycles. The lowest BCUT2D eigenvalue weighted by molar-refractivity contribution is 0.411. The fourth-order valence-corrected chi connectivity index (χ4v) is 4.98. The first-order valence-electron chi connectivity index (χ1n) is 13.8. The van der Waals surface area contributed by atoms with Gasteiger partial charge in [-0.3, -0.25) is 4.99 Å². The monoisotopic (exact) mass is 508 g/mol. The van der Waals surface area contributed by atoms with Gasteiger partial charge in [0.1, 0.15) is 0 Å². The fraction of sp³-hybridized carbons (Fsp3) is 0.324. The van der Waals surface area contributed by atoms with Crippen LogP contribution in [0, 0.1) is 11.8 Å². The first kappa shape index (κ1) is 29.1. The molecule has 0 radical (unpaired) electrons. The summed E-state index contributed by atoms with van der Waals surface area (Å²) < 4.78 is 0. The van der Waals surface area contributed by atoms with Gasteiger partial charge in [0.05, 0.1) is 0 Å². The maximum atomic E-state index is 6.24. The summed E-state index contributed by atoms with van der Waals surface area (Å²) in [5, 5.41) is 7.14. The number of rotatable bonds is 13. The number of aliphatic imine (C=N–C) groups is 1. The Morgan fingerprint density at radius 3 is 2.76 bits per heavy atom. The average Bonchev–Trinajstić information content (AvgIpc) is 2.95. The van der Waals surface area contributed by atoms with Gasteiger partial charge >= 0.3 is 0 Å². The molecule has 0 aromatic carbocycles. The van der Waals surface area contributed by atoms with E-state index < -0.39 is 0 Å². The lowest BCUT2D eigenvalue weighted by atomic mass is 9.76. The minimum atomic E-state index is 0.204. The molecular formula is C34H44N4. The normalized spacial score (nSPS) is 24.8. The molecular weight excluding hydrogens is 464 g/mol. The smallest absolute Gasteiger partial charge is 0.0403 e. The highest BCUT2D eigenvalue weighted by Crippen LogP contribution is 2.36. The van der Waals surface area contributed by atoms with E-state index in [2.05, 4.69) is 102 Å². The molecule has 4 N–H and O–H groups in total. The Morgan fingerprint density at radius 1 is 1.18 bits per heavy atom. The van der Waals surface area contributed by atoms with E-state index >= 15 is 0 Å². The molecule has 4 nitrogen and oxygen atoms in total. The van der Waals surface area contributed by atoms with Crippen LogP contribution >= 0.6 is 0 Å². The molecule has 0 fully saturated rings. The molecule has 0 saturated carbocycles. The average molecular weight is 509 g/mol. The number of allylic oxidation sites excluding steroid dienone is 15. The Bertz CT molecular complexity index is 1120. The Hall–Kier alpha value is -3.47. The van der Waals surface area contributed by atoms with Crippen LogP contribution < -0.4 is 16.4 Å². The van der Waals surface area contributed by atoms with Crippen LogP contribution in [0.3, 0.4) is 0 Å². The molecule has 0 aromatic rings. The van der Waals surface area contributed by atoms with Crippen molar-refractivity contribution in [3.63, 3.8) is 0 Å². The number of nitrogens with one attached hydrogen (secondary N) is 2. The summed E-state index contributed by atoms with van der Waals surface area (Å²) in [5.41, 5.74) is 11.5. The van der Waals surface area contributed by atoms with E-state index in [1.807, 2.05) is 30.5 Å². The topological polar surface area (TPSA) is 62.4 Å². The van der Waals surface area contributed by atoms with Crippen LogP contribution in [0.15, 0.2) is 137 Å². The van der Waals surface area contributed by atoms with Crippen LogP contribution in [-0.4, -0.2) is 38.4 Å². The van der Waals surface area contributed by atoms with Gasteiger partial charge in [-0.15, -0.1) is 0 Å². The van der Waals surface area contributed by atoms with Crippen LogP contribution in [0.2, 0.25) is 0 Å². The molecule has 38 heavy (non-hydrogen) atoms. The second kappa shape index (κ2) is 16.4. The van der Waals surface area contributed by atoms with E-state index in [0.29, 0.717) is 12.5 Å². The maximum Gasteiger partial charge on any atom is 0.0403 e. The SMILES string of the molecule is C=C/C=C(\C=C\C1=CCNC=C1)C1C=CC2=C(C=CC(CN)C2NC(\C=C/C=C/C=C/C=NC)CCC)C1. The maximum absolute atomic E-state index is 6.24. The van der Waals surface area contributed by atoms with Crippen molar-refractivity contribution in [1.29, 1.82) is 0 Å². The second-order valence-corrected chi connectivity index (χ2v) is 9.69. The highest BCUT2D eigenvalue weighted by molar-refractivity contribution is 5.71. The molecule has 0 saturated heterocycles. The third-order valence-corrected chi connectivity index (χ3v) is 6.97. The van der Waals surface area contributed by atoms with Crippen molar-refractivity contribution in [2.75, 3.05) is 20.1 Å². The molecule has 4 atom stereocenters. The predicted octanol–water partition coefficient (Wildman–Crippen LogP) is 6.21. The minimum Gasteiger partial charge on any atom is -0.387 e. The lowest BCUT2D eigenvalue weighted by Gasteiger charge is -2.36. The largest absolute Gasteiger partial charge is 0.387 e. The van der Waals surface area contributed by atoms with Crippen LogP contribution in [0.1, 0.15) is 26.2 Å². The zero-order valence-corrected chi connectivity index (χ0v) is 23.0. The first-order chi connectivity index (χ1) is 18.7. The minimum absolute atomic E-state index is 0.204. The third-order valence-electron chi connectivity index (χ3n) is 6.97. The van der Waals surface area contributed by atoms with Gasteiger partial charge in [-0.2, -0.15) is 0 Å². The van der Waals surface area contributed by atoms with Gasteiger partial charge in [0, 0.05) is 50.3 Å². The van der Waals surface area contributed by atoms with E-state index in [1.54, 1.807) is 13.3 Å². The molecule has 2 aliphatic carbocycles. The second-order valence-electron chi connectivity index (χ2n) is 9.69. The third kappa shape index (κ3) is 8.83. The molecule has 3 aliphatic rings. The van der Waals surface area contributed by atoms with E-state index in [4.69, 9.17) is 5.73 Å². The Morgan fingerprint density at radius 2 is 2.03 bits per heavy atom. The Labute approximate surface area is 230 Å². The summed E-state index contributed by atoms with van der Waals surface area (Å²) in [7, 11) is 1.77. The van der Waals surface area contributed by atoms with E-state index in [1.165, 1.54) is 22.3 Å². The van der Waals surface area contributed by atoms with Crippen LogP contribution in [0.5, 0.6) is 0 Å². The Balaban J connectivity index is 1.75. The molecule has 4 heteroatoms. The standard InChI is InChI=1S/C34H44N4/c1-4-11-28(15-14-27-20-23-37-24-21-27)29-18-19-33-30(25-29)16-17-31(26-35)34(33)38-32(12-5-2)13-9-7-6-8-10-22-36-3/h4,6-11,13-23,29,31-32,34,37-38H,1,5,12,24-26,35H2,2-3H3/b7-6+,10-8+,13-9-,15-14+,28-11+,36-22?. The summed E-state index contributed by atoms with van der Waals surface area (Å²) in [6, 6.07) is 0.483. The van der Waals surface area contributed by atoms with Gasteiger partial charge in [0.2, 0.25) is 0 Å². The molecule has 1 heterocycles. The quantitative estimate of drug-likeness (QED) is 0.205. The van der Waals surface area contributed by atoms with Gasteiger partial charge in [0.25, 0.3) is 0 Å². The van der Waals surface area contributed by atoms with Crippen molar-refractivity contribution < 1.29 is 0 Å². The number of nitrogens with zero attached hydrogens (tertiary/aromatic N) is 1. The zero-order valence-electron chi connectivity index (χ0n) is 23.0. The molecule has 0 bridgehead atoms. The number of hydrogen-bond donors (Lipinski definition) is 3. The molecule has 0 aromatic heterocycles. The van der Waals surface area contributed by atoms with E-state index in [9.17, 15) is 0 Å². The van der Waals surface area contributed by atoms with E-state index in [-0.39, 0.29) is 18.0 Å². The molecule has 0 spiro atoms. The van der Waals surface area contributed by atoms with Crippen molar-refractivity contribution in [3.05, 3.63) is 132 Å². The highest BCUT2D eigenvalue weighted by Gasteiger charge is 2.30. The van der Waals surface area contributed by atoms with Crippen LogP contribution in [-0.2, 0) is 0 Å². The van der Waals surface area contributed by atoms with Crippen LogP contribution in [0.4, 0.5) is 0 Å². The van der Waals surface area contributed by atoms with Gasteiger partial charge < -0.3 is 16.4 Å². The predicted molar refractivity (Wildman–Crippen MR) is 166 cm³/mol. The number of hydrogen-bond acceptors (Lipinski definition) is 4.